The number of hydrogen-bond acceptors (Lipinski definition) is 4. The topological polar surface area (TPSA) is 66.0 Å². The zero-order valence-electron chi connectivity index (χ0n) is 12.5. The Bertz CT molecular complexity index is 923. The van der Waals surface area contributed by atoms with Crippen molar-refractivity contribution in [3.8, 4) is 6.07 Å². The maximum absolute atomic E-state index is 13.0. The Labute approximate surface area is 135 Å². The number of rotatable bonds is 3. The maximum Gasteiger partial charge on any atom is 0.417 e. The number of pyridine rings is 1. The highest BCUT2D eigenvalue weighted by atomic mass is 19.4. The summed E-state index contributed by atoms with van der Waals surface area (Å²) in [6.07, 6.45) is -2.81. The lowest BCUT2D eigenvalue weighted by Gasteiger charge is -2.16. The molecule has 122 valence electrons. The van der Waals surface area contributed by atoms with Crippen molar-refractivity contribution < 1.29 is 13.2 Å². The summed E-state index contributed by atoms with van der Waals surface area (Å²) in [4.78, 5) is 0. The van der Waals surface area contributed by atoms with Crippen molar-refractivity contribution in [3.05, 3.63) is 59.5 Å². The lowest BCUT2D eigenvalue weighted by atomic mass is 10.1. The number of nitrogens with one attached hydrogen (secondary N) is 1. The van der Waals surface area contributed by atoms with Crippen molar-refractivity contribution in [2.75, 3.05) is 5.32 Å². The highest BCUT2D eigenvalue weighted by molar-refractivity contribution is 5.54. The van der Waals surface area contributed by atoms with E-state index >= 15 is 0 Å². The van der Waals surface area contributed by atoms with Crippen molar-refractivity contribution >= 4 is 11.3 Å². The second kappa shape index (κ2) is 5.85. The van der Waals surface area contributed by atoms with E-state index in [0.717, 1.165) is 12.1 Å². The van der Waals surface area contributed by atoms with Crippen LogP contribution in [0.2, 0.25) is 0 Å². The van der Waals surface area contributed by atoms with Gasteiger partial charge in [-0.15, -0.1) is 10.2 Å². The molecule has 8 heteroatoms. The van der Waals surface area contributed by atoms with Gasteiger partial charge in [-0.3, -0.25) is 4.40 Å². The molecule has 0 saturated heterocycles. The molecule has 0 aliphatic carbocycles. The average Bonchev–Trinajstić information content (AvgIpc) is 2.98. The third-order valence-corrected chi connectivity index (χ3v) is 3.56. The van der Waals surface area contributed by atoms with Crippen molar-refractivity contribution in [1.82, 2.24) is 14.6 Å². The normalized spacial score (nSPS) is 12.8. The first-order valence-electron chi connectivity index (χ1n) is 7.07. The van der Waals surface area contributed by atoms with Crippen LogP contribution < -0.4 is 5.32 Å². The smallest absolute Gasteiger partial charge is 0.375 e. The fourth-order valence-corrected chi connectivity index (χ4v) is 2.44. The Morgan fingerprint density at radius 2 is 2.00 bits per heavy atom. The van der Waals surface area contributed by atoms with Crippen molar-refractivity contribution in [1.29, 1.82) is 5.26 Å². The second-order valence-electron chi connectivity index (χ2n) is 5.22. The first-order chi connectivity index (χ1) is 11.4. The molecule has 3 aromatic rings. The molecule has 3 rings (SSSR count). The fourth-order valence-electron chi connectivity index (χ4n) is 2.44. The van der Waals surface area contributed by atoms with Gasteiger partial charge >= 0.3 is 6.18 Å². The summed E-state index contributed by atoms with van der Waals surface area (Å²) in [5.41, 5.74) is -0.472. The molecule has 2 aromatic heterocycles. The Morgan fingerprint density at radius 3 is 2.71 bits per heavy atom. The lowest BCUT2D eigenvalue weighted by Crippen LogP contribution is -2.13. The van der Waals surface area contributed by atoms with Gasteiger partial charge in [0.1, 0.15) is 0 Å². The molecule has 0 saturated carbocycles. The Morgan fingerprint density at radius 1 is 1.21 bits per heavy atom. The average molecular weight is 331 g/mol. The zero-order chi connectivity index (χ0) is 17.3. The van der Waals surface area contributed by atoms with Crippen LogP contribution >= 0.6 is 0 Å². The molecule has 1 N–H and O–H groups in total. The Kier molecular flexibility index (Phi) is 3.85. The van der Waals surface area contributed by atoms with Gasteiger partial charge in [-0.25, -0.2) is 0 Å². The third kappa shape index (κ3) is 2.88. The minimum Gasteiger partial charge on any atom is -0.375 e. The van der Waals surface area contributed by atoms with E-state index in [0.29, 0.717) is 11.5 Å². The molecule has 0 spiro atoms. The summed E-state index contributed by atoms with van der Waals surface area (Å²) in [6.45, 7) is 1.77. The minimum absolute atomic E-state index is 0.251. The predicted octanol–water partition coefficient (Wildman–Crippen LogP) is 3.79. The highest BCUT2D eigenvalue weighted by Crippen LogP contribution is 2.34. The molecule has 5 nitrogen and oxygen atoms in total. The van der Waals surface area contributed by atoms with Crippen molar-refractivity contribution in [3.63, 3.8) is 0 Å². The first-order valence-corrected chi connectivity index (χ1v) is 7.07. The number of hydrogen-bond donors (Lipinski definition) is 1. The van der Waals surface area contributed by atoms with Gasteiger partial charge in [0, 0.05) is 11.9 Å². The summed E-state index contributed by atoms with van der Waals surface area (Å²) >= 11 is 0. The lowest BCUT2D eigenvalue weighted by molar-refractivity contribution is -0.137. The van der Waals surface area contributed by atoms with Crippen LogP contribution in [0.5, 0.6) is 0 Å². The zero-order valence-corrected chi connectivity index (χ0v) is 12.5. The molecule has 1 aromatic carbocycles. The highest BCUT2D eigenvalue weighted by Gasteiger charge is 2.34. The molecule has 0 unspecified atom stereocenters. The number of anilines is 1. The summed E-state index contributed by atoms with van der Waals surface area (Å²) in [6, 6.07) is 10.1. The van der Waals surface area contributed by atoms with Crippen LogP contribution in [0.4, 0.5) is 18.9 Å². The minimum atomic E-state index is -4.59. The summed E-state index contributed by atoms with van der Waals surface area (Å²) in [5.74, 6) is 0.573. The number of alkyl halides is 3. The molecule has 0 amide bonds. The molecular weight excluding hydrogens is 319 g/mol. The van der Waals surface area contributed by atoms with Gasteiger partial charge in [0.25, 0.3) is 0 Å². The predicted molar refractivity (Wildman–Crippen MR) is 81.2 cm³/mol. The summed E-state index contributed by atoms with van der Waals surface area (Å²) in [7, 11) is 0. The first kappa shape index (κ1) is 15.8. The van der Waals surface area contributed by atoms with Crippen LogP contribution in [-0.4, -0.2) is 14.6 Å². The molecular formula is C16H12F3N5. The number of nitrogens with zero attached hydrogens (tertiary/aromatic N) is 4. The summed E-state index contributed by atoms with van der Waals surface area (Å²) < 4.78 is 40.8. The van der Waals surface area contributed by atoms with Gasteiger partial charge < -0.3 is 5.32 Å². The molecule has 0 aliphatic heterocycles. The van der Waals surface area contributed by atoms with Crippen LogP contribution in [-0.2, 0) is 6.18 Å². The Balaban J connectivity index is 1.92. The SMILES string of the molecule is C[C@@H](Nc1ccc(C#N)c(C(F)(F)F)c1)c1nnc2ccccn12. The van der Waals surface area contributed by atoms with Crippen molar-refractivity contribution in [2.24, 2.45) is 0 Å². The van der Waals surface area contributed by atoms with Gasteiger partial charge in [0.15, 0.2) is 11.5 Å². The van der Waals surface area contributed by atoms with Gasteiger partial charge in [-0.05, 0) is 37.3 Å². The fraction of sp³-hybridized carbons (Fsp3) is 0.188. The number of benzene rings is 1. The monoisotopic (exact) mass is 331 g/mol. The van der Waals surface area contributed by atoms with Gasteiger partial charge in [-0.2, -0.15) is 18.4 Å². The number of fused-ring (bicyclic) bond motifs is 1. The van der Waals surface area contributed by atoms with E-state index in [9.17, 15) is 13.2 Å². The third-order valence-electron chi connectivity index (χ3n) is 3.56. The standard InChI is InChI=1S/C16H12F3N5/c1-10(15-23-22-14-4-2-3-7-24(14)15)21-12-6-5-11(9-20)13(8-12)16(17,18)19/h2-8,10,21H,1H3/t10-/m1/s1. The molecule has 24 heavy (non-hydrogen) atoms. The van der Waals surface area contributed by atoms with Gasteiger partial charge in [0.05, 0.1) is 23.2 Å². The number of nitriles is 1. The molecule has 0 fully saturated rings. The van der Waals surface area contributed by atoms with Crippen molar-refractivity contribution in [2.45, 2.75) is 19.1 Å². The molecule has 1 atom stereocenters. The Hall–Kier alpha value is -3.08. The molecule has 0 aliphatic rings. The van der Waals surface area contributed by atoms with Crippen LogP contribution in [0, 0.1) is 11.3 Å². The van der Waals surface area contributed by atoms with E-state index in [1.807, 2.05) is 12.1 Å². The van der Waals surface area contributed by atoms with E-state index in [4.69, 9.17) is 5.26 Å². The second-order valence-corrected chi connectivity index (χ2v) is 5.22. The number of halogens is 3. The van der Waals surface area contributed by atoms with Crippen LogP contribution in [0.15, 0.2) is 42.6 Å². The quantitative estimate of drug-likeness (QED) is 0.793. The maximum atomic E-state index is 13.0. The van der Waals surface area contributed by atoms with E-state index in [1.54, 1.807) is 29.7 Å². The molecule has 0 bridgehead atoms. The van der Waals surface area contributed by atoms with E-state index in [2.05, 4.69) is 15.5 Å². The molecule has 2 heterocycles. The van der Waals surface area contributed by atoms with Gasteiger partial charge in [-0.1, -0.05) is 6.07 Å². The van der Waals surface area contributed by atoms with Crippen LogP contribution in [0.25, 0.3) is 5.65 Å². The largest absolute Gasteiger partial charge is 0.417 e. The van der Waals surface area contributed by atoms with Crippen LogP contribution in [0.1, 0.15) is 29.9 Å². The van der Waals surface area contributed by atoms with E-state index in [1.165, 1.54) is 6.07 Å². The van der Waals surface area contributed by atoms with E-state index < -0.39 is 17.3 Å². The molecule has 0 radical (unpaired) electrons. The van der Waals surface area contributed by atoms with E-state index in [-0.39, 0.29) is 11.7 Å². The van der Waals surface area contributed by atoms with Crippen LogP contribution in [0.3, 0.4) is 0 Å². The summed E-state index contributed by atoms with van der Waals surface area (Å²) in [5, 5.41) is 19.9. The van der Waals surface area contributed by atoms with Gasteiger partial charge in [0.2, 0.25) is 0 Å². The number of aromatic nitrogens is 3.